The van der Waals surface area contributed by atoms with E-state index in [4.69, 9.17) is 9.47 Å². The van der Waals surface area contributed by atoms with E-state index in [1.807, 2.05) is 71.6 Å². The molecule has 0 bridgehead atoms. The number of hydrogen-bond acceptors (Lipinski definition) is 5. The van der Waals surface area contributed by atoms with Crippen LogP contribution in [0.1, 0.15) is 52.7 Å². The van der Waals surface area contributed by atoms with Crippen LogP contribution in [0.3, 0.4) is 0 Å². The molecule has 0 radical (unpaired) electrons. The SMILES string of the molecule is C/C=C/C1CN(CC(F)F)CCN1Cc1c(OC)cc(C)c2c1ccn2C(=O)OC(C)(C)C.CC. The van der Waals surface area contributed by atoms with E-state index in [0.717, 1.165) is 27.8 Å². The molecule has 35 heavy (non-hydrogen) atoms. The Kier molecular flexibility index (Phi) is 10.3. The van der Waals surface area contributed by atoms with Crippen LogP contribution in [0, 0.1) is 6.92 Å². The number of fused-ring (bicyclic) bond motifs is 1. The second-order valence-electron chi connectivity index (χ2n) is 9.52. The monoisotopic (exact) mass is 493 g/mol. The molecule has 3 rings (SSSR count). The van der Waals surface area contributed by atoms with Gasteiger partial charge in [0, 0.05) is 49.4 Å². The summed E-state index contributed by atoms with van der Waals surface area (Å²) >= 11 is 0. The van der Waals surface area contributed by atoms with Crippen LogP contribution in [0.5, 0.6) is 5.75 Å². The largest absolute Gasteiger partial charge is 0.496 e. The Hall–Kier alpha value is -2.45. The van der Waals surface area contributed by atoms with E-state index in [2.05, 4.69) is 11.0 Å². The van der Waals surface area contributed by atoms with Gasteiger partial charge in [0.15, 0.2) is 0 Å². The molecule has 1 atom stereocenters. The van der Waals surface area contributed by atoms with E-state index in [1.165, 1.54) is 0 Å². The van der Waals surface area contributed by atoms with Crippen molar-refractivity contribution in [1.29, 1.82) is 0 Å². The van der Waals surface area contributed by atoms with Gasteiger partial charge in [-0.25, -0.2) is 13.6 Å². The molecule has 6 nitrogen and oxygen atoms in total. The molecule has 196 valence electrons. The van der Waals surface area contributed by atoms with Gasteiger partial charge < -0.3 is 9.47 Å². The zero-order valence-electron chi connectivity index (χ0n) is 22.4. The van der Waals surface area contributed by atoms with Crippen molar-refractivity contribution < 1.29 is 23.0 Å². The quantitative estimate of drug-likeness (QED) is 0.456. The van der Waals surface area contributed by atoms with Crippen molar-refractivity contribution in [3.63, 3.8) is 0 Å². The summed E-state index contributed by atoms with van der Waals surface area (Å²) in [6.45, 7) is 15.6. The highest BCUT2D eigenvalue weighted by Crippen LogP contribution is 2.34. The highest BCUT2D eigenvalue weighted by atomic mass is 19.3. The highest BCUT2D eigenvalue weighted by Gasteiger charge is 2.29. The number of alkyl halides is 2. The molecule has 1 aliphatic heterocycles. The predicted octanol–water partition coefficient (Wildman–Crippen LogP) is 6.10. The third-order valence-corrected chi connectivity index (χ3v) is 5.83. The van der Waals surface area contributed by atoms with Gasteiger partial charge in [-0.1, -0.05) is 26.0 Å². The molecule has 0 saturated carbocycles. The van der Waals surface area contributed by atoms with Crippen molar-refractivity contribution >= 4 is 17.0 Å². The average molecular weight is 494 g/mol. The van der Waals surface area contributed by atoms with Gasteiger partial charge in [-0.15, -0.1) is 0 Å². The summed E-state index contributed by atoms with van der Waals surface area (Å²) in [5, 5.41) is 0.923. The van der Waals surface area contributed by atoms with Gasteiger partial charge >= 0.3 is 6.09 Å². The third-order valence-electron chi connectivity index (χ3n) is 5.83. The Labute approximate surface area is 208 Å². The summed E-state index contributed by atoms with van der Waals surface area (Å²) in [5.41, 5.74) is 2.07. The summed E-state index contributed by atoms with van der Waals surface area (Å²) in [5.74, 6) is 0.746. The van der Waals surface area contributed by atoms with Crippen LogP contribution in [0.25, 0.3) is 10.9 Å². The Morgan fingerprint density at radius 2 is 1.94 bits per heavy atom. The minimum Gasteiger partial charge on any atom is -0.496 e. The second-order valence-corrected chi connectivity index (χ2v) is 9.52. The molecule has 1 fully saturated rings. The molecule has 1 aliphatic rings. The molecule has 1 unspecified atom stereocenters. The summed E-state index contributed by atoms with van der Waals surface area (Å²) in [7, 11) is 1.64. The number of carbonyl (C=O) groups excluding carboxylic acids is 1. The summed E-state index contributed by atoms with van der Waals surface area (Å²) in [6.07, 6.45) is 2.99. The van der Waals surface area contributed by atoms with E-state index in [-0.39, 0.29) is 12.6 Å². The number of rotatable bonds is 6. The zero-order chi connectivity index (χ0) is 26.3. The van der Waals surface area contributed by atoms with Crippen LogP contribution in [0.15, 0.2) is 30.5 Å². The Bertz CT molecular complexity index is 1010. The number of benzene rings is 1. The Morgan fingerprint density at radius 3 is 2.51 bits per heavy atom. The summed E-state index contributed by atoms with van der Waals surface area (Å²) in [6, 6.07) is 3.87. The molecule has 0 amide bonds. The highest BCUT2D eigenvalue weighted by molar-refractivity contribution is 5.95. The number of methoxy groups -OCH3 is 1. The van der Waals surface area contributed by atoms with E-state index < -0.39 is 18.1 Å². The lowest BCUT2D eigenvalue weighted by molar-refractivity contribution is 0.0378. The Balaban J connectivity index is 0.00000210. The van der Waals surface area contributed by atoms with Crippen molar-refractivity contribution in [3.8, 4) is 5.75 Å². The van der Waals surface area contributed by atoms with Gasteiger partial charge in [0.05, 0.1) is 19.2 Å². The number of aromatic nitrogens is 1. The van der Waals surface area contributed by atoms with Crippen LogP contribution in [-0.2, 0) is 11.3 Å². The molecule has 8 heteroatoms. The molecule has 2 aromatic rings. The molecule has 1 aromatic heterocycles. The van der Waals surface area contributed by atoms with Crippen molar-refractivity contribution in [2.75, 3.05) is 33.3 Å². The van der Waals surface area contributed by atoms with Crippen LogP contribution in [0.2, 0.25) is 0 Å². The van der Waals surface area contributed by atoms with Crippen LogP contribution < -0.4 is 4.74 Å². The lowest BCUT2D eigenvalue weighted by Gasteiger charge is -2.40. The van der Waals surface area contributed by atoms with Crippen molar-refractivity contribution in [1.82, 2.24) is 14.4 Å². The standard InChI is InChI=1S/C25H35F2N3O3.C2H6/c1-7-8-18-14-28(16-22(26)27)11-12-29(18)15-20-19-9-10-30(24(31)33-25(3,4)5)23(19)17(2)13-21(20)32-6;1-2/h7-10,13,18,22H,11-12,14-16H2,1-6H3;1-2H3/b8-7+;. The molecule has 2 heterocycles. The number of ether oxygens (including phenoxy) is 2. The van der Waals surface area contributed by atoms with Gasteiger partial charge in [0.25, 0.3) is 6.43 Å². The van der Waals surface area contributed by atoms with E-state index in [1.54, 1.807) is 17.9 Å². The number of halogens is 2. The summed E-state index contributed by atoms with van der Waals surface area (Å²) in [4.78, 5) is 16.9. The average Bonchev–Trinajstić information content (AvgIpc) is 3.23. The van der Waals surface area contributed by atoms with Crippen molar-refractivity contribution in [2.24, 2.45) is 0 Å². The first kappa shape index (κ1) is 28.8. The lowest BCUT2D eigenvalue weighted by atomic mass is 10.0. The third kappa shape index (κ3) is 7.27. The van der Waals surface area contributed by atoms with Gasteiger partial charge in [-0.3, -0.25) is 14.4 Å². The molecule has 1 aromatic carbocycles. The molecule has 0 aliphatic carbocycles. The number of nitrogens with zero attached hydrogens (tertiary/aromatic N) is 3. The minimum atomic E-state index is -2.34. The lowest BCUT2D eigenvalue weighted by Crippen LogP contribution is -2.52. The maximum Gasteiger partial charge on any atom is 0.419 e. The van der Waals surface area contributed by atoms with Crippen LogP contribution >= 0.6 is 0 Å². The molecule has 1 saturated heterocycles. The number of allylic oxidation sites excluding steroid dienone is 1. The van der Waals surface area contributed by atoms with Gasteiger partial charge in [0.1, 0.15) is 11.4 Å². The van der Waals surface area contributed by atoms with Crippen molar-refractivity contribution in [3.05, 3.63) is 41.6 Å². The van der Waals surface area contributed by atoms with Crippen LogP contribution in [0.4, 0.5) is 13.6 Å². The first-order valence-corrected chi connectivity index (χ1v) is 12.3. The van der Waals surface area contributed by atoms with E-state index in [9.17, 15) is 13.6 Å². The first-order chi connectivity index (χ1) is 16.5. The summed E-state index contributed by atoms with van der Waals surface area (Å²) < 4.78 is 38.7. The van der Waals surface area contributed by atoms with E-state index in [0.29, 0.717) is 26.2 Å². The number of hydrogen-bond donors (Lipinski definition) is 0. The van der Waals surface area contributed by atoms with Gasteiger partial charge in [-0.2, -0.15) is 0 Å². The second kappa shape index (κ2) is 12.5. The van der Waals surface area contributed by atoms with Gasteiger partial charge in [0.2, 0.25) is 0 Å². The normalized spacial score (nSPS) is 17.6. The fraction of sp³-hybridized carbons (Fsp3) is 0.593. The molecule has 0 spiro atoms. The number of aryl methyl sites for hydroxylation is 1. The molecule has 0 N–H and O–H groups in total. The smallest absolute Gasteiger partial charge is 0.419 e. The van der Waals surface area contributed by atoms with E-state index >= 15 is 0 Å². The maximum absolute atomic E-state index is 12.9. The topological polar surface area (TPSA) is 46.9 Å². The fourth-order valence-corrected chi connectivity index (χ4v) is 4.44. The van der Waals surface area contributed by atoms with Gasteiger partial charge in [-0.05, 0) is 52.3 Å². The zero-order valence-corrected chi connectivity index (χ0v) is 22.4. The van der Waals surface area contributed by atoms with Crippen LogP contribution in [-0.4, -0.2) is 71.8 Å². The maximum atomic E-state index is 12.9. The minimum absolute atomic E-state index is 0.0106. The number of piperazine rings is 1. The number of carbonyl (C=O) groups is 1. The van der Waals surface area contributed by atoms with Crippen molar-refractivity contribution in [2.45, 2.75) is 73.1 Å². The first-order valence-electron chi connectivity index (χ1n) is 12.3. The molecular weight excluding hydrogens is 452 g/mol. The Morgan fingerprint density at radius 1 is 1.26 bits per heavy atom. The fourth-order valence-electron chi connectivity index (χ4n) is 4.44. The predicted molar refractivity (Wildman–Crippen MR) is 138 cm³/mol. The molecular formula is C27H41F2N3O3.